The Morgan fingerprint density at radius 3 is 2.42 bits per heavy atom. The van der Waals surface area contributed by atoms with E-state index < -0.39 is 15.5 Å². The molecule has 1 aliphatic rings. The topological polar surface area (TPSA) is 77.5 Å². The fraction of sp³-hybridized carbons (Fsp3) is 0.444. The largest absolute Gasteiger partial charge is 0.299 e. The molecule has 130 valence electrons. The van der Waals surface area contributed by atoms with Gasteiger partial charge in [0.25, 0.3) is 10.1 Å². The summed E-state index contributed by atoms with van der Waals surface area (Å²) in [7, 11) is -3.96. The van der Waals surface area contributed by atoms with Crippen LogP contribution in [0.4, 0.5) is 0 Å². The second-order valence-electron chi connectivity index (χ2n) is 6.22. The summed E-state index contributed by atoms with van der Waals surface area (Å²) in [6, 6.07) is 6.26. The summed E-state index contributed by atoms with van der Waals surface area (Å²) in [6.07, 6.45) is 2.15. The molecule has 0 aromatic heterocycles. The summed E-state index contributed by atoms with van der Waals surface area (Å²) in [5.74, 6) is -0.490. The normalized spacial score (nSPS) is 21.5. The van der Waals surface area contributed by atoms with Crippen molar-refractivity contribution in [3.8, 4) is 0 Å². The molecule has 1 unspecified atom stereocenters. The monoisotopic (exact) mass is 350 g/mol. The number of Topliss-reactive ketones (excluding diaryl/α,β-unsaturated/α-hetero) is 2. The molecule has 0 saturated heterocycles. The molecule has 6 heteroatoms. The van der Waals surface area contributed by atoms with Crippen molar-refractivity contribution in [2.75, 3.05) is 6.61 Å². The first-order valence-corrected chi connectivity index (χ1v) is 9.29. The summed E-state index contributed by atoms with van der Waals surface area (Å²) in [5.41, 5.74) is -0.154. The van der Waals surface area contributed by atoms with Gasteiger partial charge in [0.15, 0.2) is 5.78 Å². The van der Waals surface area contributed by atoms with Crippen LogP contribution < -0.4 is 0 Å². The predicted octanol–water partition coefficient (Wildman–Crippen LogP) is 2.98. The van der Waals surface area contributed by atoms with E-state index in [2.05, 4.69) is 6.58 Å². The summed E-state index contributed by atoms with van der Waals surface area (Å²) in [4.78, 5) is 24.5. The average molecular weight is 350 g/mol. The summed E-state index contributed by atoms with van der Waals surface area (Å²) in [5, 5.41) is 0. The third kappa shape index (κ3) is 3.49. The molecule has 0 bridgehead atoms. The van der Waals surface area contributed by atoms with Crippen LogP contribution in [0.25, 0.3) is 0 Å². The first-order valence-electron chi connectivity index (χ1n) is 7.89. The lowest BCUT2D eigenvalue weighted by atomic mass is 9.66. The average Bonchev–Trinajstić information content (AvgIpc) is 2.53. The van der Waals surface area contributed by atoms with Crippen molar-refractivity contribution in [1.82, 2.24) is 0 Å². The first-order chi connectivity index (χ1) is 11.2. The highest BCUT2D eigenvalue weighted by molar-refractivity contribution is 7.86. The maximum absolute atomic E-state index is 12.3. The molecule has 1 saturated carbocycles. The SMILES string of the molecule is C=C(COS(=O)(=O)c1ccc(C)cc1)C1(C(C)=O)CCCCC1=O. The van der Waals surface area contributed by atoms with Crippen LogP contribution in [-0.4, -0.2) is 26.6 Å². The Labute approximate surface area is 142 Å². The third-order valence-electron chi connectivity index (χ3n) is 4.58. The van der Waals surface area contributed by atoms with Crippen LogP contribution in [0.1, 0.15) is 38.2 Å². The lowest BCUT2D eigenvalue weighted by Crippen LogP contribution is -2.43. The molecule has 1 atom stereocenters. The second-order valence-corrected chi connectivity index (χ2v) is 7.84. The van der Waals surface area contributed by atoms with Gasteiger partial charge in [0.05, 0.1) is 11.5 Å². The van der Waals surface area contributed by atoms with E-state index in [0.717, 1.165) is 18.4 Å². The molecule has 0 spiro atoms. The van der Waals surface area contributed by atoms with Gasteiger partial charge in [-0.1, -0.05) is 30.7 Å². The molecule has 0 N–H and O–H groups in total. The molecule has 24 heavy (non-hydrogen) atoms. The summed E-state index contributed by atoms with van der Waals surface area (Å²) < 4.78 is 29.6. The molecular weight excluding hydrogens is 328 g/mol. The quantitative estimate of drug-likeness (QED) is 0.448. The molecule has 0 radical (unpaired) electrons. The Balaban J connectivity index is 2.17. The molecule has 1 fully saturated rings. The van der Waals surface area contributed by atoms with E-state index in [0.29, 0.717) is 12.8 Å². The molecule has 2 rings (SSSR count). The highest BCUT2D eigenvalue weighted by atomic mass is 32.2. The van der Waals surface area contributed by atoms with Crippen LogP contribution in [0, 0.1) is 12.3 Å². The fourth-order valence-electron chi connectivity index (χ4n) is 3.07. The Morgan fingerprint density at radius 1 is 1.25 bits per heavy atom. The molecule has 1 aromatic carbocycles. The molecule has 0 amide bonds. The third-order valence-corrected chi connectivity index (χ3v) is 5.86. The maximum Gasteiger partial charge on any atom is 0.297 e. The smallest absolute Gasteiger partial charge is 0.297 e. The van der Waals surface area contributed by atoms with Crippen LogP contribution in [0.5, 0.6) is 0 Å². The second kappa shape index (κ2) is 6.99. The van der Waals surface area contributed by atoms with Crippen molar-refractivity contribution in [3.63, 3.8) is 0 Å². The van der Waals surface area contributed by atoms with Crippen LogP contribution in [0.15, 0.2) is 41.3 Å². The summed E-state index contributed by atoms with van der Waals surface area (Å²) >= 11 is 0. The number of hydrogen-bond donors (Lipinski definition) is 0. The Kier molecular flexibility index (Phi) is 5.40. The highest BCUT2D eigenvalue weighted by Gasteiger charge is 2.46. The van der Waals surface area contributed by atoms with Gasteiger partial charge in [-0.2, -0.15) is 8.42 Å². The summed E-state index contributed by atoms with van der Waals surface area (Å²) in [6.45, 7) is 6.63. The minimum atomic E-state index is -3.96. The van der Waals surface area contributed by atoms with Crippen molar-refractivity contribution in [3.05, 3.63) is 42.0 Å². The zero-order valence-electron chi connectivity index (χ0n) is 14.0. The van der Waals surface area contributed by atoms with Crippen molar-refractivity contribution in [2.45, 2.75) is 44.4 Å². The van der Waals surface area contributed by atoms with E-state index >= 15 is 0 Å². The lowest BCUT2D eigenvalue weighted by molar-refractivity contribution is -0.139. The fourth-order valence-corrected chi connectivity index (χ4v) is 3.97. The van der Waals surface area contributed by atoms with Gasteiger partial charge in [-0.3, -0.25) is 13.8 Å². The number of hydrogen-bond acceptors (Lipinski definition) is 5. The molecule has 0 heterocycles. The van der Waals surface area contributed by atoms with Gasteiger partial charge in [0, 0.05) is 6.42 Å². The van der Waals surface area contributed by atoms with E-state index in [1.54, 1.807) is 12.1 Å². The minimum Gasteiger partial charge on any atom is -0.299 e. The number of benzene rings is 1. The van der Waals surface area contributed by atoms with E-state index in [4.69, 9.17) is 4.18 Å². The van der Waals surface area contributed by atoms with Gasteiger partial charge < -0.3 is 0 Å². The highest BCUT2D eigenvalue weighted by Crippen LogP contribution is 2.40. The standard InChI is InChI=1S/C18H22O5S/c1-13-7-9-16(10-8-13)24(21,22)23-12-14(2)18(15(3)19)11-5-4-6-17(18)20/h7-10H,2,4-6,11-12H2,1,3H3. The number of ketones is 2. The van der Waals surface area contributed by atoms with Gasteiger partial charge in [-0.15, -0.1) is 0 Å². The Morgan fingerprint density at radius 2 is 1.88 bits per heavy atom. The van der Waals surface area contributed by atoms with E-state index in [-0.39, 0.29) is 28.6 Å². The molecule has 1 aromatic rings. The molecule has 1 aliphatic carbocycles. The zero-order valence-corrected chi connectivity index (χ0v) is 14.8. The van der Waals surface area contributed by atoms with Gasteiger partial charge in [0.2, 0.25) is 0 Å². The van der Waals surface area contributed by atoms with Gasteiger partial charge in [-0.05, 0) is 44.4 Å². The van der Waals surface area contributed by atoms with Crippen LogP contribution in [0.3, 0.4) is 0 Å². The van der Waals surface area contributed by atoms with Gasteiger partial charge in [-0.25, -0.2) is 0 Å². The number of rotatable bonds is 6. The first kappa shape index (κ1) is 18.5. The van der Waals surface area contributed by atoms with Crippen molar-refractivity contribution in [1.29, 1.82) is 0 Å². The van der Waals surface area contributed by atoms with Crippen LogP contribution in [-0.2, 0) is 23.9 Å². The maximum atomic E-state index is 12.3. The lowest BCUT2D eigenvalue weighted by Gasteiger charge is -2.35. The number of aryl methyl sites for hydroxylation is 1. The van der Waals surface area contributed by atoms with Crippen molar-refractivity contribution < 1.29 is 22.2 Å². The van der Waals surface area contributed by atoms with Crippen LogP contribution in [0.2, 0.25) is 0 Å². The van der Waals surface area contributed by atoms with Crippen LogP contribution >= 0.6 is 0 Å². The zero-order chi connectivity index (χ0) is 18.0. The molecule has 5 nitrogen and oxygen atoms in total. The molecular formula is C18H22O5S. The Bertz CT molecular complexity index is 761. The van der Waals surface area contributed by atoms with Gasteiger partial charge in [0.1, 0.15) is 11.2 Å². The minimum absolute atomic E-state index is 0.0349. The van der Waals surface area contributed by atoms with E-state index in [1.165, 1.54) is 19.1 Å². The van der Waals surface area contributed by atoms with Crippen molar-refractivity contribution >= 4 is 21.7 Å². The number of carbonyl (C=O) groups is 2. The Hall–Kier alpha value is -1.79. The van der Waals surface area contributed by atoms with Gasteiger partial charge >= 0.3 is 0 Å². The van der Waals surface area contributed by atoms with E-state index in [9.17, 15) is 18.0 Å². The molecule has 0 aliphatic heterocycles. The van der Waals surface area contributed by atoms with E-state index in [1.807, 2.05) is 6.92 Å². The number of carbonyl (C=O) groups excluding carboxylic acids is 2. The predicted molar refractivity (Wildman–Crippen MR) is 90.0 cm³/mol. The van der Waals surface area contributed by atoms with Crippen molar-refractivity contribution in [2.24, 2.45) is 5.41 Å².